The van der Waals surface area contributed by atoms with Crippen molar-refractivity contribution < 1.29 is 0 Å². The van der Waals surface area contributed by atoms with Crippen molar-refractivity contribution in [2.24, 2.45) is 0 Å². The number of nitrogens with zero attached hydrogens (tertiary/aromatic N) is 1. The third-order valence-electron chi connectivity index (χ3n) is 13.6. The Morgan fingerprint density at radius 1 is 0.403 bits per heavy atom. The molecule has 1 aromatic heterocycles. The van der Waals surface area contributed by atoms with Gasteiger partial charge in [-0.05, 0) is 103 Å². The number of benzene rings is 10. The van der Waals surface area contributed by atoms with Gasteiger partial charge in [0.1, 0.15) is 0 Å². The van der Waals surface area contributed by atoms with Crippen molar-refractivity contribution in [3.05, 3.63) is 269 Å². The molecule has 1 spiro atoms. The maximum atomic E-state index is 2.52. The highest BCUT2D eigenvalue weighted by Gasteiger charge is 2.54. The molecule has 0 N–H and O–H groups in total. The van der Waals surface area contributed by atoms with E-state index in [0.29, 0.717) is 0 Å². The number of rotatable bonds is 6. The third-order valence-corrected chi connectivity index (χ3v) is 14.7. The van der Waals surface area contributed by atoms with Gasteiger partial charge in [0.05, 0.1) is 11.1 Å². The number of fused-ring (bicyclic) bond motifs is 14. The fourth-order valence-corrected chi connectivity index (χ4v) is 12.4. The van der Waals surface area contributed by atoms with E-state index < -0.39 is 5.41 Å². The highest BCUT2D eigenvalue weighted by molar-refractivity contribution is 7.25. The van der Waals surface area contributed by atoms with E-state index in [2.05, 4.69) is 235 Å². The highest BCUT2D eigenvalue weighted by atomic mass is 32.1. The van der Waals surface area contributed by atoms with Gasteiger partial charge in [0.25, 0.3) is 0 Å². The van der Waals surface area contributed by atoms with Crippen LogP contribution in [-0.4, -0.2) is 0 Å². The first-order chi connectivity index (χ1) is 30.8. The summed E-state index contributed by atoms with van der Waals surface area (Å²) in [6.45, 7) is 0. The molecule has 2 heteroatoms. The van der Waals surface area contributed by atoms with Crippen LogP contribution < -0.4 is 4.90 Å². The Morgan fingerprint density at radius 3 is 1.71 bits per heavy atom. The van der Waals surface area contributed by atoms with Crippen molar-refractivity contribution in [1.29, 1.82) is 0 Å². The Hall–Kier alpha value is -7.52. The summed E-state index contributed by atoms with van der Waals surface area (Å²) in [5.74, 6) is -0.0200. The second-order valence-corrected chi connectivity index (χ2v) is 17.7. The number of para-hydroxylation sites is 2. The molecule has 290 valence electrons. The summed E-state index contributed by atoms with van der Waals surface area (Å²) in [7, 11) is 0. The molecule has 2 aliphatic carbocycles. The number of anilines is 3. The molecule has 0 amide bonds. The quantitative estimate of drug-likeness (QED) is 0.151. The Bertz CT molecular complexity index is 3490. The SMILES string of the molecule is c1ccc(C(c2cccc3c2-c2ccccc2C32c3ccccc3-c3cc4ccccc4c(N(c4ccccc4)c4ccccc4)c32)c2cccc3sc4ccccc4c23)cc1. The topological polar surface area (TPSA) is 3.24 Å². The van der Waals surface area contributed by atoms with Crippen LogP contribution in [0.2, 0.25) is 0 Å². The van der Waals surface area contributed by atoms with Crippen molar-refractivity contribution >= 4 is 59.3 Å². The van der Waals surface area contributed by atoms with E-state index in [-0.39, 0.29) is 5.92 Å². The zero-order valence-electron chi connectivity index (χ0n) is 33.9. The molecule has 0 bridgehead atoms. The monoisotopic (exact) mass is 805 g/mol. The molecule has 10 aromatic carbocycles. The normalized spacial score (nSPS) is 15.1. The third kappa shape index (κ3) is 4.90. The van der Waals surface area contributed by atoms with Gasteiger partial charge < -0.3 is 4.90 Å². The average Bonchev–Trinajstić information content (AvgIpc) is 3.97. The molecule has 2 unspecified atom stereocenters. The number of hydrogen-bond donors (Lipinski definition) is 0. The molecule has 2 atom stereocenters. The molecule has 0 saturated carbocycles. The smallest absolute Gasteiger partial charge is 0.0746 e. The summed E-state index contributed by atoms with van der Waals surface area (Å²) in [5, 5.41) is 5.13. The van der Waals surface area contributed by atoms with Gasteiger partial charge >= 0.3 is 0 Å². The minimum absolute atomic E-state index is 0.0200. The first-order valence-corrected chi connectivity index (χ1v) is 22.4. The predicted molar refractivity (Wildman–Crippen MR) is 262 cm³/mol. The molecular weight excluding hydrogens is 767 g/mol. The lowest BCUT2D eigenvalue weighted by Crippen LogP contribution is -2.28. The van der Waals surface area contributed by atoms with Crippen LogP contribution in [-0.2, 0) is 5.41 Å². The molecule has 11 aromatic rings. The van der Waals surface area contributed by atoms with Gasteiger partial charge in [-0.1, -0.05) is 188 Å². The molecule has 0 fully saturated rings. The van der Waals surface area contributed by atoms with Crippen LogP contribution in [0, 0.1) is 0 Å². The van der Waals surface area contributed by atoms with Gasteiger partial charge in [0.2, 0.25) is 0 Å². The minimum Gasteiger partial charge on any atom is -0.310 e. The number of hydrogen-bond acceptors (Lipinski definition) is 2. The van der Waals surface area contributed by atoms with E-state index in [1.807, 2.05) is 11.3 Å². The lowest BCUT2D eigenvalue weighted by atomic mass is 9.69. The minimum atomic E-state index is -0.614. The van der Waals surface area contributed by atoms with Crippen LogP contribution in [0.15, 0.2) is 231 Å². The molecule has 0 saturated heterocycles. The molecule has 0 aliphatic heterocycles. The van der Waals surface area contributed by atoms with E-state index in [1.165, 1.54) is 97.8 Å². The maximum absolute atomic E-state index is 2.52. The lowest BCUT2D eigenvalue weighted by molar-refractivity contribution is 0.792. The predicted octanol–water partition coefficient (Wildman–Crippen LogP) is 16.2. The van der Waals surface area contributed by atoms with Crippen LogP contribution in [0.25, 0.3) is 53.2 Å². The van der Waals surface area contributed by atoms with Gasteiger partial charge in [-0.2, -0.15) is 0 Å². The molecule has 0 radical (unpaired) electrons. The van der Waals surface area contributed by atoms with E-state index in [0.717, 1.165) is 11.4 Å². The summed E-state index contributed by atoms with van der Waals surface area (Å²) in [6, 6.07) is 86.2. The molecule has 1 nitrogen and oxygen atoms in total. The standard InChI is InChI=1S/C60H39NS/c1-4-20-39(21-5-1)55(48-32-19-37-54-57(48)46-30-14-17-36-53(46)62-54)47-31-18-35-52-56(47)45-29-13-16-34-51(45)60(52)50-33-15-12-28-44(50)49-38-40-22-10-11-27-43(40)59(58(49)60)61(41-23-6-2-7-24-41)42-25-8-3-9-26-42/h1-38,55H. The molecule has 62 heavy (non-hydrogen) atoms. The Labute approximate surface area is 365 Å². The van der Waals surface area contributed by atoms with Crippen molar-refractivity contribution in [1.82, 2.24) is 0 Å². The van der Waals surface area contributed by atoms with E-state index >= 15 is 0 Å². The van der Waals surface area contributed by atoms with E-state index in [1.54, 1.807) is 0 Å². The summed E-state index contributed by atoms with van der Waals surface area (Å²) in [5.41, 5.74) is 17.4. The largest absolute Gasteiger partial charge is 0.310 e. The molecule has 1 heterocycles. The summed E-state index contributed by atoms with van der Waals surface area (Å²) in [6.07, 6.45) is 0. The van der Waals surface area contributed by atoms with Gasteiger partial charge in [0, 0.05) is 48.4 Å². The van der Waals surface area contributed by atoms with Crippen LogP contribution in [0.5, 0.6) is 0 Å². The van der Waals surface area contributed by atoms with Crippen LogP contribution in [0.3, 0.4) is 0 Å². The fourth-order valence-electron chi connectivity index (χ4n) is 11.3. The van der Waals surface area contributed by atoms with Gasteiger partial charge in [-0.3, -0.25) is 0 Å². The first kappa shape index (κ1) is 35.3. The Kier molecular flexibility index (Phi) is 7.82. The van der Waals surface area contributed by atoms with Crippen LogP contribution in [0.1, 0.15) is 44.9 Å². The Balaban J connectivity index is 1.19. The average molecular weight is 806 g/mol. The van der Waals surface area contributed by atoms with Crippen LogP contribution in [0.4, 0.5) is 17.1 Å². The van der Waals surface area contributed by atoms with Gasteiger partial charge in [0.15, 0.2) is 0 Å². The lowest BCUT2D eigenvalue weighted by Gasteiger charge is -2.37. The fraction of sp³-hybridized carbons (Fsp3) is 0.0333. The Morgan fingerprint density at radius 2 is 0.952 bits per heavy atom. The van der Waals surface area contributed by atoms with E-state index in [9.17, 15) is 0 Å². The summed E-state index contributed by atoms with van der Waals surface area (Å²) >= 11 is 1.89. The zero-order valence-corrected chi connectivity index (χ0v) is 34.7. The van der Waals surface area contributed by atoms with Crippen molar-refractivity contribution in [3.8, 4) is 22.3 Å². The molecular formula is C60H39NS. The first-order valence-electron chi connectivity index (χ1n) is 21.6. The van der Waals surface area contributed by atoms with Gasteiger partial charge in [-0.15, -0.1) is 11.3 Å². The van der Waals surface area contributed by atoms with Crippen molar-refractivity contribution in [2.45, 2.75) is 11.3 Å². The van der Waals surface area contributed by atoms with Gasteiger partial charge in [-0.25, -0.2) is 0 Å². The van der Waals surface area contributed by atoms with E-state index in [4.69, 9.17) is 0 Å². The van der Waals surface area contributed by atoms with Crippen LogP contribution >= 0.6 is 11.3 Å². The van der Waals surface area contributed by atoms with Crippen molar-refractivity contribution in [2.75, 3.05) is 4.90 Å². The maximum Gasteiger partial charge on any atom is 0.0746 e. The summed E-state index contributed by atoms with van der Waals surface area (Å²) < 4.78 is 2.65. The summed E-state index contributed by atoms with van der Waals surface area (Å²) in [4.78, 5) is 2.52. The number of thiophene rings is 1. The van der Waals surface area contributed by atoms with Crippen molar-refractivity contribution in [3.63, 3.8) is 0 Å². The zero-order chi connectivity index (χ0) is 40.8. The molecule has 13 rings (SSSR count). The highest BCUT2D eigenvalue weighted by Crippen LogP contribution is 2.67. The second kappa shape index (κ2) is 13.8. The molecule has 2 aliphatic rings. The second-order valence-electron chi connectivity index (χ2n) is 16.6.